The predicted octanol–water partition coefficient (Wildman–Crippen LogP) is 1.32. The van der Waals surface area contributed by atoms with Gasteiger partial charge in [-0.25, -0.2) is 0 Å². The van der Waals surface area contributed by atoms with Crippen molar-refractivity contribution in [3.63, 3.8) is 0 Å². The van der Waals surface area contributed by atoms with E-state index in [2.05, 4.69) is 30.6 Å². The maximum absolute atomic E-state index is 4.18. The smallest absolute Gasteiger partial charge is 0.0580 e. The van der Waals surface area contributed by atoms with Crippen molar-refractivity contribution in [3.05, 3.63) is 11.6 Å². The zero-order valence-corrected chi connectivity index (χ0v) is 5.78. The van der Waals surface area contributed by atoms with Gasteiger partial charge in [-0.05, 0) is 12.5 Å². The summed E-state index contributed by atoms with van der Waals surface area (Å²) in [5, 5.41) is 0. The standard InChI is InChI=1S/C6H9NS/c1-5-2-3-7-6(5)4-8/h2,8H,3-4H2,1H3. The molecule has 0 aromatic carbocycles. The van der Waals surface area contributed by atoms with Crippen molar-refractivity contribution >= 4 is 18.3 Å². The molecule has 0 aromatic heterocycles. The number of rotatable bonds is 1. The molecular weight excluding hydrogens is 118 g/mol. The van der Waals surface area contributed by atoms with E-state index in [9.17, 15) is 0 Å². The number of hydrogen-bond acceptors (Lipinski definition) is 2. The lowest BCUT2D eigenvalue weighted by Crippen LogP contribution is -1.96. The van der Waals surface area contributed by atoms with Crippen molar-refractivity contribution < 1.29 is 0 Å². The number of allylic oxidation sites excluding steroid dienone is 1. The van der Waals surface area contributed by atoms with Crippen LogP contribution in [0.4, 0.5) is 0 Å². The van der Waals surface area contributed by atoms with Gasteiger partial charge in [-0.3, -0.25) is 4.99 Å². The van der Waals surface area contributed by atoms with Crippen LogP contribution in [0.15, 0.2) is 16.6 Å². The molecule has 0 unspecified atom stereocenters. The Hall–Kier alpha value is -0.240. The first kappa shape index (κ1) is 5.89. The normalized spacial score (nSPS) is 18.2. The number of hydrogen-bond donors (Lipinski definition) is 1. The zero-order chi connectivity index (χ0) is 5.98. The van der Waals surface area contributed by atoms with Gasteiger partial charge in [0.1, 0.15) is 0 Å². The summed E-state index contributed by atoms with van der Waals surface area (Å²) in [4.78, 5) is 4.18. The summed E-state index contributed by atoms with van der Waals surface area (Å²) < 4.78 is 0. The van der Waals surface area contributed by atoms with Gasteiger partial charge >= 0.3 is 0 Å². The van der Waals surface area contributed by atoms with E-state index >= 15 is 0 Å². The van der Waals surface area contributed by atoms with Crippen LogP contribution in [0.1, 0.15) is 6.92 Å². The quantitative estimate of drug-likeness (QED) is 0.510. The molecule has 0 spiro atoms. The predicted molar refractivity (Wildman–Crippen MR) is 39.9 cm³/mol. The van der Waals surface area contributed by atoms with Crippen LogP contribution < -0.4 is 0 Å². The molecule has 0 amide bonds. The highest BCUT2D eigenvalue weighted by molar-refractivity contribution is 7.81. The van der Waals surface area contributed by atoms with E-state index < -0.39 is 0 Å². The molecule has 1 nitrogen and oxygen atoms in total. The molecule has 1 aliphatic heterocycles. The minimum Gasteiger partial charge on any atom is -0.284 e. The molecule has 0 aliphatic carbocycles. The minimum absolute atomic E-state index is 0.780. The number of thiol groups is 1. The lowest BCUT2D eigenvalue weighted by atomic mass is 10.2. The van der Waals surface area contributed by atoms with E-state index in [4.69, 9.17) is 0 Å². The molecule has 0 bridgehead atoms. The molecule has 44 valence electrons. The monoisotopic (exact) mass is 127 g/mol. The van der Waals surface area contributed by atoms with Gasteiger partial charge < -0.3 is 0 Å². The van der Waals surface area contributed by atoms with Gasteiger partial charge in [0.2, 0.25) is 0 Å². The molecule has 1 aliphatic rings. The fourth-order valence-electron chi connectivity index (χ4n) is 0.710. The van der Waals surface area contributed by atoms with E-state index in [1.54, 1.807) is 0 Å². The Morgan fingerprint density at radius 2 is 2.62 bits per heavy atom. The van der Waals surface area contributed by atoms with Gasteiger partial charge in [-0.1, -0.05) is 6.08 Å². The van der Waals surface area contributed by atoms with Crippen molar-refractivity contribution in [1.29, 1.82) is 0 Å². The first-order valence-electron chi connectivity index (χ1n) is 2.66. The molecule has 0 fully saturated rings. The van der Waals surface area contributed by atoms with E-state index in [0.717, 1.165) is 18.0 Å². The molecule has 0 saturated carbocycles. The van der Waals surface area contributed by atoms with Gasteiger partial charge in [0.25, 0.3) is 0 Å². The number of nitrogens with zero attached hydrogens (tertiary/aromatic N) is 1. The summed E-state index contributed by atoms with van der Waals surface area (Å²) in [6.45, 7) is 2.93. The highest BCUT2D eigenvalue weighted by Gasteiger charge is 2.02. The molecule has 0 atom stereocenters. The molecule has 0 aromatic rings. The van der Waals surface area contributed by atoms with Gasteiger partial charge in [-0.15, -0.1) is 0 Å². The van der Waals surface area contributed by atoms with Crippen molar-refractivity contribution in [2.45, 2.75) is 6.92 Å². The average Bonchev–Trinajstić information content (AvgIpc) is 2.14. The summed E-state index contributed by atoms with van der Waals surface area (Å²) in [6, 6.07) is 0. The number of aliphatic imine (C=N–C) groups is 1. The Balaban J connectivity index is 2.66. The Kier molecular flexibility index (Phi) is 1.73. The van der Waals surface area contributed by atoms with Crippen molar-refractivity contribution in [1.82, 2.24) is 0 Å². The van der Waals surface area contributed by atoms with Crippen LogP contribution in [-0.2, 0) is 0 Å². The third kappa shape index (κ3) is 0.944. The molecule has 2 heteroatoms. The zero-order valence-electron chi connectivity index (χ0n) is 4.89. The largest absolute Gasteiger partial charge is 0.284 e. The third-order valence-electron chi connectivity index (χ3n) is 1.28. The van der Waals surface area contributed by atoms with Gasteiger partial charge in [0.15, 0.2) is 0 Å². The first-order chi connectivity index (χ1) is 3.84. The van der Waals surface area contributed by atoms with Crippen LogP contribution in [-0.4, -0.2) is 18.0 Å². The Morgan fingerprint density at radius 1 is 1.88 bits per heavy atom. The average molecular weight is 127 g/mol. The van der Waals surface area contributed by atoms with Crippen molar-refractivity contribution in [2.75, 3.05) is 12.3 Å². The summed E-state index contributed by atoms with van der Waals surface area (Å²) in [5.41, 5.74) is 2.44. The van der Waals surface area contributed by atoms with Crippen LogP contribution >= 0.6 is 12.6 Å². The van der Waals surface area contributed by atoms with Gasteiger partial charge in [-0.2, -0.15) is 12.6 Å². The van der Waals surface area contributed by atoms with Crippen LogP contribution in [0.25, 0.3) is 0 Å². The van der Waals surface area contributed by atoms with Crippen LogP contribution in [0.3, 0.4) is 0 Å². The van der Waals surface area contributed by atoms with E-state index in [-0.39, 0.29) is 0 Å². The fourth-order valence-corrected chi connectivity index (χ4v) is 1.06. The maximum atomic E-state index is 4.18. The summed E-state index contributed by atoms with van der Waals surface area (Å²) >= 11 is 4.10. The third-order valence-corrected chi connectivity index (χ3v) is 1.58. The molecular formula is C6H9NS. The second-order valence-corrected chi connectivity index (χ2v) is 2.15. The molecule has 1 heterocycles. The van der Waals surface area contributed by atoms with Crippen LogP contribution in [0.5, 0.6) is 0 Å². The Morgan fingerprint density at radius 3 is 2.88 bits per heavy atom. The van der Waals surface area contributed by atoms with E-state index in [1.165, 1.54) is 5.57 Å². The minimum atomic E-state index is 0.780. The second kappa shape index (κ2) is 2.35. The Bertz CT molecular complexity index is 147. The topological polar surface area (TPSA) is 12.4 Å². The maximum Gasteiger partial charge on any atom is 0.0580 e. The summed E-state index contributed by atoms with van der Waals surface area (Å²) in [7, 11) is 0. The summed E-state index contributed by atoms with van der Waals surface area (Å²) in [6.07, 6.45) is 2.12. The van der Waals surface area contributed by atoms with E-state index in [0.29, 0.717) is 0 Å². The lowest BCUT2D eigenvalue weighted by molar-refractivity contribution is 1.28. The highest BCUT2D eigenvalue weighted by Crippen LogP contribution is 2.05. The lowest BCUT2D eigenvalue weighted by Gasteiger charge is -1.92. The highest BCUT2D eigenvalue weighted by atomic mass is 32.1. The van der Waals surface area contributed by atoms with Crippen molar-refractivity contribution in [3.8, 4) is 0 Å². The molecule has 0 saturated heterocycles. The fraction of sp³-hybridized carbons (Fsp3) is 0.500. The molecule has 8 heavy (non-hydrogen) atoms. The van der Waals surface area contributed by atoms with E-state index in [1.807, 2.05) is 0 Å². The van der Waals surface area contributed by atoms with Gasteiger partial charge in [0.05, 0.1) is 6.54 Å². The van der Waals surface area contributed by atoms with Gasteiger partial charge in [0, 0.05) is 11.5 Å². The SMILES string of the molecule is CC1=CCN=C1CS. The summed E-state index contributed by atoms with van der Waals surface area (Å²) in [5.74, 6) is 0.780. The molecule has 0 radical (unpaired) electrons. The molecule has 1 rings (SSSR count). The second-order valence-electron chi connectivity index (χ2n) is 1.83. The molecule has 0 N–H and O–H groups in total. The van der Waals surface area contributed by atoms with Crippen LogP contribution in [0, 0.1) is 0 Å². The first-order valence-corrected chi connectivity index (χ1v) is 3.29. The Labute approximate surface area is 54.9 Å². The van der Waals surface area contributed by atoms with Crippen molar-refractivity contribution in [2.24, 2.45) is 4.99 Å². The van der Waals surface area contributed by atoms with Crippen LogP contribution in [0.2, 0.25) is 0 Å².